The molecule has 23 heavy (non-hydrogen) atoms. The summed E-state index contributed by atoms with van der Waals surface area (Å²) in [5, 5.41) is 13.6. The molecule has 5 heteroatoms. The summed E-state index contributed by atoms with van der Waals surface area (Å²) in [6.45, 7) is 3.89. The lowest BCUT2D eigenvalue weighted by Gasteiger charge is -2.34. The largest absolute Gasteiger partial charge is 0.393 e. The number of benzene rings is 1. The van der Waals surface area contributed by atoms with Crippen LogP contribution in [0.2, 0.25) is 5.02 Å². The van der Waals surface area contributed by atoms with E-state index in [4.69, 9.17) is 11.6 Å². The van der Waals surface area contributed by atoms with Crippen molar-refractivity contribution in [2.75, 3.05) is 19.6 Å². The fourth-order valence-electron chi connectivity index (χ4n) is 3.48. The second-order valence-electron chi connectivity index (χ2n) is 7.04. The molecule has 3 rings (SSSR count). The van der Waals surface area contributed by atoms with Crippen molar-refractivity contribution in [1.82, 2.24) is 10.2 Å². The molecule has 0 spiro atoms. The number of halogens is 1. The standard InChI is InChI=1S/C18H25ClN2O2/c1-13(22)14-4-3-9-21(11-14)17(23)20-12-18(7-8-18)15-5-2-6-16(19)10-15/h2,5-6,10,13-14,22H,3-4,7-9,11-12H2,1H3,(H,20,23). The molecule has 0 aromatic heterocycles. The highest BCUT2D eigenvalue weighted by Gasteiger charge is 2.44. The van der Waals surface area contributed by atoms with Crippen LogP contribution < -0.4 is 5.32 Å². The molecule has 4 nitrogen and oxygen atoms in total. The predicted octanol–water partition coefficient (Wildman–Crippen LogP) is 3.17. The summed E-state index contributed by atoms with van der Waals surface area (Å²) < 4.78 is 0. The Morgan fingerprint density at radius 1 is 1.52 bits per heavy atom. The minimum atomic E-state index is -0.355. The van der Waals surface area contributed by atoms with Gasteiger partial charge in [-0.05, 0) is 50.3 Å². The van der Waals surface area contributed by atoms with Gasteiger partial charge in [-0.25, -0.2) is 4.79 Å². The molecule has 0 radical (unpaired) electrons. The number of rotatable bonds is 4. The van der Waals surface area contributed by atoms with E-state index in [1.165, 1.54) is 5.56 Å². The number of carbonyl (C=O) groups excluding carboxylic acids is 1. The Morgan fingerprint density at radius 2 is 2.30 bits per heavy atom. The van der Waals surface area contributed by atoms with Gasteiger partial charge in [-0.2, -0.15) is 0 Å². The molecular formula is C18H25ClN2O2. The third-order valence-electron chi connectivity index (χ3n) is 5.30. The molecule has 2 fully saturated rings. The summed E-state index contributed by atoms with van der Waals surface area (Å²) >= 11 is 6.09. The zero-order valence-electron chi connectivity index (χ0n) is 13.6. The van der Waals surface area contributed by atoms with E-state index in [0.29, 0.717) is 13.1 Å². The van der Waals surface area contributed by atoms with Gasteiger partial charge >= 0.3 is 6.03 Å². The molecule has 2 aliphatic rings. The van der Waals surface area contributed by atoms with Gasteiger partial charge in [0.05, 0.1) is 6.10 Å². The van der Waals surface area contributed by atoms with Crippen molar-refractivity contribution in [2.24, 2.45) is 5.92 Å². The quantitative estimate of drug-likeness (QED) is 0.887. The Morgan fingerprint density at radius 3 is 2.96 bits per heavy atom. The fourth-order valence-corrected chi connectivity index (χ4v) is 3.67. The van der Waals surface area contributed by atoms with Crippen molar-refractivity contribution in [3.05, 3.63) is 34.9 Å². The second kappa shape index (κ2) is 6.70. The van der Waals surface area contributed by atoms with Crippen molar-refractivity contribution in [1.29, 1.82) is 0 Å². The number of hydrogen-bond acceptors (Lipinski definition) is 2. The summed E-state index contributed by atoms with van der Waals surface area (Å²) in [7, 11) is 0. The van der Waals surface area contributed by atoms with Crippen LogP contribution in [-0.2, 0) is 5.41 Å². The van der Waals surface area contributed by atoms with Crippen molar-refractivity contribution >= 4 is 17.6 Å². The predicted molar refractivity (Wildman–Crippen MR) is 91.7 cm³/mol. The summed E-state index contributed by atoms with van der Waals surface area (Å²) in [6, 6.07) is 7.94. The number of urea groups is 1. The molecule has 2 amide bonds. The van der Waals surface area contributed by atoms with Crippen LogP contribution in [0.25, 0.3) is 0 Å². The first kappa shape index (κ1) is 16.6. The Labute approximate surface area is 142 Å². The molecule has 1 saturated carbocycles. The molecule has 1 saturated heterocycles. The third kappa shape index (κ3) is 3.81. The first-order valence-corrected chi connectivity index (χ1v) is 8.85. The molecule has 126 valence electrons. The molecular weight excluding hydrogens is 312 g/mol. The topological polar surface area (TPSA) is 52.6 Å². The monoisotopic (exact) mass is 336 g/mol. The number of piperidine rings is 1. The summed E-state index contributed by atoms with van der Waals surface area (Å²) in [4.78, 5) is 14.3. The minimum Gasteiger partial charge on any atom is -0.393 e. The summed E-state index contributed by atoms with van der Waals surface area (Å²) in [5.74, 6) is 0.192. The van der Waals surface area contributed by atoms with Crippen LogP contribution in [0, 0.1) is 5.92 Å². The van der Waals surface area contributed by atoms with Crippen LogP contribution >= 0.6 is 11.6 Å². The summed E-state index contributed by atoms with van der Waals surface area (Å²) in [5.41, 5.74) is 1.27. The average Bonchev–Trinajstić information content (AvgIpc) is 3.34. The number of nitrogens with zero attached hydrogens (tertiary/aromatic N) is 1. The van der Waals surface area contributed by atoms with Gasteiger partial charge in [0.2, 0.25) is 0 Å². The highest BCUT2D eigenvalue weighted by Crippen LogP contribution is 2.48. The van der Waals surface area contributed by atoms with Crippen LogP contribution in [0.3, 0.4) is 0 Å². The van der Waals surface area contributed by atoms with Gasteiger partial charge < -0.3 is 15.3 Å². The molecule has 2 N–H and O–H groups in total. The highest BCUT2D eigenvalue weighted by molar-refractivity contribution is 6.30. The van der Waals surface area contributed by atoms with Gasteiger partial charge in [0.25, 0.3) is 0 Å². The average molecular weight is 337 g/mol. The van der Waals surface area contributed by atoms with Crippen LogP contribution in [0.1, 0.15) is 38.2 Å². The van der Waals surface area contributed by atoms with E-state index in [1.54, 1.807) is 0 Å². The van der Waals surface area contributed by atoms with Gasteiger partial charge in [-0.1, -0.05) is 23.7 Å². The van der Waals surface area contributed by atoms with Gasteiger partial charge in [0, 0.05) is 36.0 Å². The number of amides is 2. The van der Waals surface area contributed by atoms with Crippen molar-refractivity contribution in [3.63, 3.8) is 0 Å². The molecule has 2 unspecified atom stereocenters. The lowest BCUT2D eigenvalue weighted by Crippen LogP contribution is -2.48. The molecule has 1 aliphatic carbocycles. The maximum atomic E-state index is 12.4. The Kier molecular flexibility index (Phi) is 4.83. The molecule has 1 aromatic rings. The highest BCUT2D eigenvalue weighted by atomic mass is 35.5. The SMILES string of the molecule is CC(O)C1CCCN(C(=O)NCC2(c3cccc(Cl)c3)CC2)C1. The summed E-state index contributed by atoms with van der Waals surface area (Å²) in [6.07, 6.45) is 3.77. The van der Waals surface area contributed by atoms with Crippen molar-refractivity contribution in [3.8, 4) is 0 Å². The van der Waals surface area contributed by atoms with E-state index in [1.807, 2.05) is 30.0 Å². The fraction of sp³-hybridized carbons (Fsp3) is 0.611. The number of likely N-dealkylation sites (tertiary alicyclic amines) is 1. The zero-order valence-corrected chi connectivity index (χ0v) is 14.4. The zero-order chi connectivity index (χ0) is 16.4. The van der Waals surface area contributed by atoms with Gasteiger partial charge in [-0.15, -0.1) is 0 Å². The van der Waals surface area contributed by atoms with E-state index < -0.39 is 0 Å². The molecule has 1 aliphatic heterocycles. The van der Waals surface area contributed by atoms with Crippen molar-refractivity contribution < 1.29 is 9.90 Å². The van der Waals surface area contributed by atoms with Gasteiger partial charge in [-0.3, -0.25) is 0 Å². The Balaban J connectivity index is 1.57. The number of aliphatic hydroxyl groups is 1. The molecule has 1 heterocycles. The molecule has 0 bridgehead atoms. The lowest BCUT2D eigenvalue weighted by atomic mass is 9.93. The molecule has 1 aromatic carbocycles. The lowest BCUT2D eigenvalue weighted by molar-refractivity contribution is 0.0738. The van der Waals surface area contributed by atoms with Crippen LogP contribution in [0.15, 0.2) is 24.3 Å². The normalized spacial score (nSPS) is 24.1. The first-order chi connectivity index (χ1) is 11.0. The van der Waals surface area contributed by atoms with Crippen LogP contribution in [-0.4, -0.2) is 41.8 Å². The Hall–Kier alpha value is -1.26. The Bertz CT molecular complexity index is 572. The van der Waals surface area contributed by atoms with E-state index in [-0.39, 0.29) is 23.5 Å². The van der Waals surface area contributed by atoms with Gasteiger partial charge in [0.15, 0.2) is 0 Å². The number of hydrogen-bond donors (Lipinski definition) is 2. The van der Waals surface area contributed by atoms with Crippen LogP contribution in [0.5, 0.6) is 0 Å². The van der Waals surface area contributed by atoms with E-state index >= 15 is 0 Å². The van der Waals surface area contributed by atoms with Crippen LogP contribution in [0.4, 0.5) is 4.79 Å². The third-order valence-corrected chi connectivity index (χ3v) is 5.53. The maximum absolute atomic E-state index is 12.4. The second-order valence-corrected chi connectivity index (χ2v) is 7.47. The smallest absolute Gasteiger partial charge is 0.317 e. The van der Waals surface area contributed by atoms with E-state index in [2.05, 4.69) is 11.4 Å². The number of nitrogens with one attached hydrogen (secondary N) is 1. The van der Waals surface area contributed by atoms with E-state index in [9.17, 15) is 9.90 Å². The van der Waals surface area contributed by atoms with Crippen molar-refractivity contribution in [2.45, 2.75) is 44.1 Å². The van der Waals surface area contributed by atoms with Gasteiger partial charge in [0.1, 0.15) is 0 Å². The minimum absolute atomic E-state index is 0.0105. The molecule has 2 atom stereocenters. The maximum Gasteiger partial charge on any atom is 0.317 e. The number of aliphatic hydroxyl groups excluding tert-OH is 1. The van der Waals surface area contributed by atoms with E-state index in [0.717, 1.165) is 37.3 Å². The first-order valence-electron chi connectivity index (χ1n) is 8.47. The number of carbonyl (C=O) groups is 1.